The number of piperidine rings is 1. The van der Waals surface area contributed by atoms with Crippen LogP contribution in [-0.4, -0.2) is 53.3 Å². The fourth-order valence-corrected chi connectivity index (χ4v) is 3.92. The van der Waals surface area contributed by atoms with Crippen LogP contribution in [0.1, 0.15) is 48.0 Å². The molecule has 26 heavy (non-hydrogen) atoms. The first kappa shape index (κ1) is 17.1. The zero-order valence-electron chi connectivity index (χ0n) is 15.5. The maximum absolute atomic E-state index is 5.54. The number of ether oxygens (including phenoxy) is 1. The van der Waals surface area contributed by atoms with Crippen molar-refractivity contribution >= 4 is 11.8 Å². The van der Waals surface area contributed by atoms with E-state index in [1.54, 1.807) is 6.33 Å². The van der Waals surface area contributed by atoms with E-state index in [0.717, 1.165) is 57.1 Å². The Morgan fingerprint density at radius 1 is 1.15 bits per heavy atom. The van der Waals surface area contributed by atoms with E-state index in [-0.39, 0.29) is 0 Å². The summed E-state index contributed by atoms with van der Waals surface area (Å²) in [7, 11) is 1.87. The molecule has 0 radical (unpaired) electrons. The van der Waals surface area contributed by atoms with Crippen LogP contribution in [0, 0.1) is 6.92 Å². The molecule has 0 saturated carbocycles. The molecule has 1 atom stereocenters. The van der Waals surface area contributed by atoms with E-state index in [2.05, 4.69) is 38.2 Å². The summed E-state index contributed by atoms with van der Waals surface area (Å²) >= 11 is 0. The van der Waals surface area contributed by atoms with Crippen molar-refractivity contribution in [2.75, 3.05) is 43.6 Å². The molecule has 1 N–H and O–H groups in total. The highest BCUT2D eigenvalue weighted by Crippen LogP contribution is 2.32. The molecule has 4 heterocycles. The maximum atomic E-state index is 5.54. The summed E-state index contributed by atoms with van der Waals surface area (Å²) in [5, 5.41) is 3.11. The standard InChI is InChI=1S/C19H26N6O/c1-13-10-21-12-22-18(13)14-3-6-25(7-4-14)17-9-16(15-5-8-26-11-15)23-19(20-2)24-17/h9-10,12,14-15H,3-8,11H2,1-2H3,(H,20,23,24)/t15-/m0/s1. The number of aryl methyl sites for hydroxylation is 1. The summed E-state index contributed by atoms with van der Waals surface area (Å²) in [6, 6.07) is 2.15. The molecule has 0 unspecified atom stereocenters. The molecule has 2 aliphatic rings. The van der Waals surface area contributed by atoms with Gasteiger partial charge >= 0.3 is 0 Å². The van der Waals surface area contributed by atoms with Gasteiger partial charge in [-0.15, -0.1) is 0 Å². The fraction of sp³-hybridized carbons (Fsp3) is 0.579. The summed E-state index contributed by atoms with van der Waals surface area (Å²) in [4.78, 5) is 20.4. The minimum Gasteiger partial charge on any atom is -0.381 e. The van der Waals surface area contributed by atoms with Crippen molar-refractivity contribution in [3.05, 3.63) is 35.5 Å². The average Bonchev–Trinajstić information content (AvgIpc) is 3.23. The SMILES string of the molecule is CNc1nc([C@H]2CCOC2)cc(N2CCC(c3ncncc3C)CC2)n1. The number of hydrogen-bond acceptors (Lipinski definition) is 7. The van der Waals surface area contributed by atoms with Crippen LogP contribution in [0.2, 0.25) is 0 Å². The van der Waals surface area contributed by atoms with E-state index < -0.39 is 0 Å². The van der Waals surface area contributed by atoms with Gasteiger partial charge in [0, 0.05) is 56.5 Å². The van der Waals surface area contributed by atoms with Crippen LogP contribution in [0.25, 0.3) is 0 Å². The molecule has 138 valence electrons. The first-order valence-corrected chi connectivity index (χ1v) is 9.40. The number of nitrogens with one attached hydrogen (secondary N) is 1. The number of rotatable bonds is 4. The van der Waals surface area contributed by atoms with E-state index in [1.165, 1.54) is 11.3 Å². The molecule has 2 aliphatic heterocycles. The van der Waals surface area contributed by atoms with Crippen molar-refractivity contribution in [1.82, 2.24) is 19.9 Å². The maximum Gasteiger partial charge on any atom is 0.224 e. The molecule has 2 saturated heterocycles. The Morgan fingerprint density at radius 3 is 2.69 bits per heavy atom. The molecule has 7 heteroatoms. The third-order valence-electron chi connectivity index (χ3n) is 5.45. The summed E-state index contributed by atoms with van der Waals surface area (Å²) < 4.78 is 5.54. The largest absolute Gasteiger partial charge is 0.381 e. The topological polar surface area (TPSA) is 76.1 Å². The van der Waals surface area contributed by atoms with Gasteiger partial charge in [-0.3, -0.25) is 0 Å². The van der Waals surface area contributed by atoms with Gasteiger partial charge in [0.15, 0.2) is 0 Å². The lowest BCUT2D eigenvalue weighted by molar-refractivity contribution is 0.193. The third-order valence-corrected chi connectivity index (χ3v) is 5.45. The van der Waals surface area contributed by atoms with Crippen LogP contribution >= 0.6 is 0 Å². The van der Waals surface area contributed by atoms with Crippen molar-refractivity contribution in [3.63, 3.8) is 0 Å². The van der Waals surface area contributed by atoms with Gasteiger partial charge in [-0.2, -0.15) is 4.98 Å². The molecule has 2 aromatic rings. The Labute approximate surface area is 154 Å². The molecule has 0 spiro atoms. The smallest absolute Gasteiger partial charge is 0.224 e. The van der Waals surface area contributed by atoms with E-state index in [0.29, 0.717) is 17.8 Å². The average molecular weight is 354 g/mol. The number of anilines is 2. The first-order valence-electron chi connectivity index (χ1n) is 9.40. The van der Waals surface area contributed by atoms with Crippen LogP contribution in [0.3, 0.4) is 0 Å². The molecular weight excluding hydrogens is 328 g/mol. The summed E-state index contributed by atoms with van der Waals surface area (Å²) in [5.74, 6) is 2.59. The van der Waals surface area contributed by atoms with Crippen LogP contribution in [-0.2, 0) is 4.74 Å². The fourth-order valence-electron chi connectivity index (χ4n) is 3.92. The molecular formula is C19H26N6O. The van der Waals surface area contributed by atoms with Crippen molar-refractivity contribution in [2.24, 2.45) is 0 Å². The quantitative estimate of drug-likeness (QED) is 0.904. The highest BCUT2D eigenvalue weighted by molar-refractivity contribution is 5.46. The summed E-state index contributed by atoms with van der Waals surface area (Å²) in [5.41, 5.74) is 3.47. The van der Waals surface area contributed by atoms with Crippen molar-refractivity contribution < 1.29 is 4.74 Å². The van der Waals surface area contributed by atoms with Gasteiger partial charge in [0.1, 0.15) is 12.1 Å². The number of aromatic nitrogens is 4. The van der Waals surface area contributed by atoms with Crippen molar-refractivity contribution in [1.29, 1.82) is 0 Å². The Balaban J connectivity index is 1.50. The van der Waals surface area contributed by atoms with E-state index in [9.17, 15) is 0 Å². The van der Waals surface area contributed by atoms with Gasteiger partial charge in [-0.05, 0) is 31.7 Å². The minimum atomic E-state index is 0.380. The Morgan fingerprint density at radius 2 is 2.00 bits per heavy atom. The normalized spacial score (nSPS) is 21.2. The monoisotopic (exact) mass is 354 g/mol. The Bertz CT molecular complexity index is 753. The van der Waals surface area contributed by atoms with E-state index in [1.807, 2.05) is 13.2 Å². The molecule has 2 aromatic heterocycles. The molecule has 7 nitrogen and oxygen atoms in total. The molecule has 0 amide bonds. The second-order valence-electron chi connectivity index (χ2n) is 7.14. The third kappa shape index (κ3) is 3.49. The van der Waals surface area contributed by atoms with Gasteiger partial charge in [0.05, 0.1) is 12.3 Å². The number of nitrogens with zero attached hydrogens (tertiary/aromatic N) is 5. The molecule has 4 rings (SSSR count). The minimum absolute atomic E-state index is 0.380. The highest BCUT2D eigenvalue weighted by Gasteiger charge is 2.26. The zero-order chi connectivity index (χ0) is 17.9. The summed E-state index contributed by atoms with van der Waals surface area (Å²) in [6.45, 7) is 5.64. The first-order chi connectivity index (χ1) is 12.7. The summed E-state index contributed by atoms with van der Waals surface area (Å²) in [6.07, 6.45) is 6.77. The second-order valence-corrected chi connectivity index (χ2v) is 7.14. The van der Waals surface area contributed by atoms with Gasteiger partial charge in [-0.25, -0.2) is 15.0 Å². The van der Waals surface area contributed by atoms with Gasteiger partial charge < -0.3 is 15.0 Å². The van der Waals surface area contributed by atoms with E-state index >= 15 is 0 Å². The van der Waals surface area contributed by atoms with Crippen molar-refractivity contribution in [2.45, 2.75) is 38.0 Å². The lowest BCUT2D eigenvalue weighted by Gasteiger charge is -2.33. The molecule has 2 fully saturated rings. The lowest BCUT2D eigenvalue weighted by atomic mass is 9.91. The predicted molar refractivity (Wildman–Crippen MR) is 101 cm³/mol. The zero-order valence-corrected chi connectivity index (χ0v) is 15.5. The van der Waals surface area contributed by atoms with Crippen LogP contribution < -0.4 is 10.2 Å². The van der Waals surface area contributed by atoms with Gasteiger partial charge in [-0.1, -0.05) is 0 Å². The highest BCUT2D eigenvalue weighted by atomic mass is 16.5. The second kappa shape index (κ2) is 7.53. The molecule has 0 aliphatic carbocycles. The van der Waals surface area contributed by atoms with Crippen LogP contribution in [0.5, 0.6) is 0 Å². The molecule has 0 aromatic carbocycles. The van der Waals surface area contributed by atoms with Gasteiger partial charge in [0.2, 0.25) is 5.95 Å². The van der Waals surface area contributed by atoms with Crippen LogP contribution in [0.4, 0.5) is 11.8 Å². The molecule has 0 bridgehead atoms. The van der Waals surface area contributed by atoms with Crippen LogP contribution in [0.15, 0.2) is 18.6 Å². The predicted octanol–water partition coefficient (Wildman–Crippen LogP) is 2.50. The van der Waals surface area contributed by atoms with Crippen molar-refractivity contribution in [3.8, 4) is 0 Å². The van der Waals surface area contributed by atoms with E-state index in [4.69, 9.17) is 9.72 Å². The Kier molecular flexibility index (Phi) is 4.97. The Hall–Kier alpha value is -2.28. The number of hydrogen-bond donors (Lipinski definition) is 1. The van der Waals surface area contributed by atoms with Gasteiger partial charge in [0.25, 0.3) is 0 Å². The lowest BCUT2D eigenvalue weighted by Crippen LogP contribution is -2.34.